The molecule has 2 aromatic heterocycles. The van der Waals surface area contributed by atoms with Crippen LogP contribution < -0.4 is 11.1 Å². The fourth-order valence-corrected chi connectivity index (χ4v) is 0.938. The molecule has 2 rings (SSSR count). The van der Waals surface area contributed by atoms with E-state index in [-0.39, 0.29) is 18.3 Å². The third-order valence-electron chi connectivity index (χ3n) is 1.58. The molecule has 0 atom stereocenters. The molecule has 3 N–H and O–H groups in total. The van der Waals surface area contributed by atoms with Gasteiger partial charge in [0.1, 0.15) is 0 Å². The fourth-order valence-electron chi connectivity index (χ4n) is 0.938. The van der Waals surface area contributed by atoms with Gasteiger partial charge in [-0.15, -0.1) is 0 Å². The lowest BCUT2D eigenvalue weighted by Gasteiger charge is -2.03. The van der Waals surface area contributed by atoms with Gasteiger partial charge in [0.2, 0.25) is 12.3 Å². The predicted octanol–water partition coefficient (Wildman–Crippen LogP) is 0.193. The van der Waals surface area contributed by atoms with Gasteiger partial charge in [-0.25, -0.2) is 9.37 Å². The molecule has 0 saturated heterocycles. The van der Waals surface area contributed by atoms with Gasteiger partial charge in [0.05, 0.1) is 12.7 Å². The Morgan fingerprint density at radius 3 is 3.07 bits per heavy atom. The summed E-state index contributed by atoms with van der Waals surface area (Å²) in [5, 5.41) is 6.20. The van der Waals surface area contributed by atoms with Crippen LogP contribution in [0.5, 0.6) is 0 Å². The van der Waals surface area contributed by atoms with Gasteiger partial charge in [-0.1, -0.05) is 5.16 Å². The largest absolute Gasteiger partial charge is 0.368 e. The molecule has 0 aliphatic rings. The number of nitrogens with one attached hydrogen (secondary N) is 1. The van der Waals surface area contributed by atoms with Crippen LogP contribution in [0.15, 0.2) is 17.1 Å². The molecule has 0 aliphatic heterocycles. The highest BCUT2D eigenvalue weighted by Crippen LogP contribution is 2.10. The van der Waals surface area contributed by atoms with Gasteiger partial charge in [-0.2, -0.15) is 9.97 Å². The normalized spacial score (nSPS) is 10.2. The quantitative estimate of drug-likeness (QED) is 0.745. The van der Waals surface area contributed by atoms with E-state index in [1.165, 1.54) is 6.39 Å². The molecule has 0 unspecified atom stereocenters. The molecule has 2 heterocycles. The fraction of sp³-hybridized carbons (Fsp3) is 0.143. The molecular formula is C7H7FN6O. The van der Waals surface area contributed by atoms with Crippen molar-refractivity contribution in [1.29, 1.82) is 0 Å². The molecule has 0 aliphatic carbocycles. The SMILES string of the molecule is Nc1ncc(F)c(NCc2ncon2)n1. The summed E-state index contributed by atoms with van der Waals surface area (Å²) >= 11 is 0. The number of hydrogen-bond acceptors (Lipinski definition) is 7. The standard InChI is InChI=1S/C7H7FN6O/c8-4-1-11-7(9)13-6(4)10-2-5-12-3-15-14-5/h1,3H,2H2,(H3,9,10,11,13). The molecule has 8 heteroatoms. The van der Waals surface area contributed by atoms with E-state index in [2.05, 4.69) is 29.9 Å². The number of rotatable bonds is 3. The minimum atomic E-state index is -0.590. The maximum absolute atomic E-state index is 13.1. The van der Waals surface area contributed by atoms with Crippen LogP contribution in [0, 0.1) is 5.82 Å². The zero-order valence-corrected chi connectivity index (χ0v) is 7.51. The Kier molecular flexibility index (Phi) is 2.40. The Balaban J connectivity index is 2.07. The highest BCUT2D eigenvalue weighted by atomic mass is 19.1. The predicted molar refractivity (Wildman–Crippen MR) is 48.0 cm³/mol. The molecule has 7 nitrogen and oxygen atoms in total. The van der Waals surface area contributed by atoms with Crippen molar-refractivity contribution in [3.8, 4) is 0 Å². The van der Waals surface area contributed by atoms with E-state index in [1.807, 2.05) is 0 Å². The summed E-state index contributed by atoms with van der Waals surface area (Å²) in [6, 6.07) is 0. The maximum Gasteiger partial charge on any atom is 0.222 e. The Labute approximate surface area is 83.5 Å². The highest BCUT2D eigenvalue weighted by molar-refractivity contribution is 5.38. The number of aromatic nitrogens is 4. The van der Waals surface area contributed by atoms with Crippen molar-refractivity contribution < 1.29 is 8.91 Å². The van der Waals surface area contributed by atoms with E-state index in [0.717, 1.165) is 6.20 Å². The molecule has 0 amide bonds. The molecule has 2 aromatic rings. The Hall–Kier alpha value is -2.25. The molecule has 0 saturated carbocycles. The van der Waals surface area contributed by atoms with Crippen LogP contribution in [-0.2, 0) is 6.54 Å². The van der Waals surface area contributed by atoms with Crippen molar-refractivity contribution >= 4 is 11.8 Å². The van der Waals surface area contributed by atoms with E-state index in [1.54, 1.807) is 0 Å². The number of hydrogen-bond donors (Lipinski definition) is 2. The molecule has 0 radical (unpaired) electrons. The lowest BCUT2D eigenvalue weighted by Crippen LogP contribution is -2.07. The third kappa shape index (κ3) is 2.16. The van der Waals surface area contributed by atoms with Crippen LogP contribution in [0.2, 0.25) is 0 Å². The molecule has 78 valence electrons. The number of anilines is 2. The van der Waals surface area contributed by atoms with Gasteiger partial charge < -0.3 is 15.6 Å². The monoisotopic (exact) mass is 210 g/mol. The summed E-state index contributed by atoms with van der Waals surface area (Å²) in [5.74, 6) is -0.196. The van der Waals surface area contributed by atoms with Crippen molar-refractivity contribution in [1.82, 2.24) is 20.1 Å². The van der Waals surface area contributed by atoms with Crippen LogP contribution >= 0.6 is 0 Å². The number of halogens is 1. The van der Waals surface area contributed by atoms with Gasteiger partial charge in [-0.3, -0.25) is 0 Å². The van der Waals surface area contributed by atoms with Crippen LogP contribution in [0.3, 0.4) is 0 Å². The Morgan fingerprint density at radius 2 is 2.33 bits per heavy atom. The summed E-state index contributed by atoms with van der Waals surface area (Å²) in [7, 11) is 0. The van der Waals surface area contributed by atoms with Crippen molar-refractivity contribution in [2.75, 3.05) is 11.1 Å². The first kappa shape index (κ1) is 9.31. The summed E-state index contributed by atoms with van der Waals surface area (Å²) in [4.78, 5) is 10.9. The first-order chi connectivity index (χ1) is 7.25. The highest BCUT2D eigenvalue weighted by Gasteiger charge is 2.06. The van der Waals surface area contributed by atoms with Crippen molar-refractivity contribution in [3.63, 3.8) is 0 Å². The summed E-state index contributed by atoms with van der Waals surface area (Å²) in [6.45, 7) is 0.198. The third-order valence-corrected chi connectivity index (χ3v) is 1.58. The van der Waals surface area contributed by atoms with Gasteiger partial charge >= 0.3 is 0 Å². The lowest BCUT2D eigenvalue weighted by atomic mass is 10.5. The van der Waals surface area contributed by atoms with E-state index in [0.29, 0.717) is 5.82 Å². The van der Waals surface area contributed by atoms with E-state index in [4.69, 9.17) is 5.73 Å². The zero-order valence-electron chi connectivity index (χ0n) is 7.51. The number of nitrogens with zero attached hydrogens (tertiary/aromatic N) is 4. The average molecular weight is 210 g/mol. The van der Waals surface area contributed by atoms with Crippen molar-refractivity contribution in [2.24, 2.45) is 0 Å². The summed E-state index contributed by atoms with van der Waals surface area (Å²) in [6.07, 6.45) is 2.17. The second-order valence-electron chi connectivity index (χ2n) is 2.63. The minimum Gasteiger partial charge on any atom is -0.368 e. The lowest BCUT2D eigenvalue weighted by molar-refractivity contribution is 0.411. The number of nitrogen functional groups attached to an aromatic ring is 1. The van der Waals surface area contributed by atoms with Gasteiger partial charge in [0, 0.05) is 0 Å². The maximum atomic E-state index is 13.1. The molecule has 0 spiro atoms. The zero-order chi connectivity index (χ0) is 10.7. The second-order valence-corrected chi connectivity index (χ2v) is 2.63. The van der Waals surface area contributed by atoms with Crippen LogP contribution in [-0.4, -0.2) is 20.1 Å². The topological polar surface area (TPSA) is 103 Å². The van der Waals surface area contributed by atoms with Gasteiger partial charge in [-0.05, 0) is 0 Å². The van der Waals surface area contributed by atoms with Crippen LogP contribution in [0.1, 0.15) is 5.82 Å². The van der Waals surface area contributed by atoms with Gasteiger partial charge in [0.25, 0.3) is 0 Å². The average Bonchev–Trinajstić information content (AvgIpc) is 2.72. The Morgan fingerprint density at radius 1 is 1.47 bits per heavy atom. The van der Waals surface area contributed by atoms with E-state index >= 15 is 0 Å². The second kappa shape index (κ2) is 3.86. The van der Waals surface area contributed by atoms with Crippen molar-refractivity contribution in [2.45, 2.75) is 6.54 Å². The van der Waals surface area contributed by atoms with Crippen molar-refractivity contribution in [3.05, 3.63) is 24.2 Å². The molecule has 15 heavy (non-hydrogen) atoms. The van der Waals surface area contributed by atoms with Crippen LogP contribution in [0.4, 0.5) is 16.2 Å². The number of nitrogens with two attached hydrogens (primary N) is 1. The first-order valence-electron chi connectivity index (χ1n) is 4.03. The Bertz CT molecular complexity index is 445. The van der Waals surface area contributed by atoms with Crippen LogP contribution in [0.25, 0.3) is 0 Å². The van der Waals surface area contributed by atoms with E-state index < -0.39 is 5.82 Å². The first-order valence-corrected chi connectivity index (χ1v) is 4.03. The summed E-state index contributed by atoms with van der Waals surface area (Å²) < 4.78 is 17.6. The van der Waals surface area contributed by atoms with Gasteiger partial charge in [0.15, 0.2) is 17.5 Å². The molecule has 0 fully saturated rings. The molecule has 0 bridgehead atoms. The smallest absolute Gasteiger partial charge is 0.222 e. The molecular weight excluding hydrogens is 203 g/mol. The molecule has 0 aromatic carbocycles. The minimum absolute atomic E-state index is 0.00676. The summed E-state index contributed by atoms with van der Waals surface area (Å²) in [5.41, 5.74) is 5.30. The van der Waals surface area contributed by atoms with E-state index in [9.17, 15) is 4.39 Å².